The van der Waals surface area contributed by atoms with Crippen molar-refractivity contribution < 1.29 is 13.2 Å². The van der Waals surface area contributed by atoms with Crippen molar-refractivity contribution in [2.75, 3.05) is 7.11 Å². The van der Waals surface area contributed by atoms with E-state index in [1.54, 1.807) is 36.2 Å². The minimum atomic E-state index is -3.59. The van der Waals surface area contributed by atoms with E-state index in [-0.39, 0.29) is 5.75 Å². The Morgan fingerprint density at radius 2 is 1.92 bits per heavy atom. The summed E-state index contributed by atoms with van der Waals surface area (Å²) in [5, 5.41) is 0. The fourth-order valence-corrected chi connectivity index (χ4v) is 4.08. The smallest absolute Gasteiger partial charge is 0.216 e. The summed E-state index contributed by atoms with van der Waals surface area (Å²) in [6.45, 7) is 0. The zero-order chi connectivity index (χ0) is 18.6. The Kier molecular flexibility index (Phi) is 5.39. The molecule has 0 spiro atoms. The van der Waals surface area contributed by atoms with Crippen LogP contribution in [0.5, 0.6) is 5.75 Å². The van der Waals surface area contributed by atoms with Gasteiger partial charge in [0.05, 0.1) is 12.9 Å². The number of benzene rings is 2. The Bertz CT molecular complexity index is 968. The lowest BCUT2D eigenvalue weighted by molar-refractivity contribution is 0.413. The molecule has 0 aliphatic heterocycles. The van der Waals surface area contributed by atoms with Crippen molar-refractivity contribution in [2.45, 2.75) is 11.8 Å². The van der Waals surface area contributed by atoms with Gasteiger partial charge in [-0.2, -0.15) is 4.72 Å². The van der Waals surface area contributed by atoms with Crippen LogP contribution >= 0.6 is 0 Å². The van der Waals surface area contributed by atoms with Gasteiger partial charge < -0.3 is 9.30 Å². The van der Waals surface area contributed by atoms with Crippen molar-refractivity contribution in [3.63, 3.8) is 0 Å². The summed E-state index contributed by atoms with van der Waals surface area (Å²) in [7, 11) is -0.176. The maximum Gasteiger partial charge on any atom is 0.216 e. The third kappa shape index (κ3) is 4.30. The minimum Gasteiger partial charge on any atom is -0.497 e. The zero-order valence-electron chi connectivity index (χ0n) is 14.7. The highest BCUT2D eigenvalue weighted by atomic mass is 32.2. The number of hydrogen-bond acceptors (Lipinski definition) is 4. The van der Waals surface area contributed by atoms with Crippen LogP contribution in [0.2, 0.25) is 0 Å². The summed E-state index contributed by atoms with van der Waals surface area (Å²) < 4.78 is 35.4. The fraction of sp³-hybridized carbons (Fsp3) is 0.211. The second kappa shape index (κ2) is 7.72. The first-order chi connectivity index (χ1) is 12.5. The Labute approximate surface area is 153 Å². The number of imidazole rings is 1. The third-order valence-electron chi connectivity index (χ3n) is 4.04. The Morgan fingerprint density at radius 3 is 2.58 bits per heavy atom. The standard InChI is InChI=1S/C19H21N3O3S/c1-22-12-11-20-19(22)18(16-9-6-10-17(13-16)25-2)21-26(23,24)14-15-7-4-3-5-8-15/h3-13,18,21H,14H2,1-2H3. The Hall–Kier alpha value is -2.64. The van der Waals surface area contributed by atoms with Crippen LogP contribution in [0, 0.1) is 0 Å². The molecule has 3 rings (SSSR count). The molecule has 0 radical (unpaired) electrons. The fourth-order valence-electron chi connectivity index (χ4n) is 2.76. The van der Waals surface area contributed by atoms with E-state index in [9.17, 15) is 8.42 Å². The molecule has 1 aromatic heterocycles. The number of ether oxygens (including phenoxy) is 1. The number of methoxy groups -OCH3 is 1. The second-order valence-corrected chi connectivity index (χ2v) is 7.72. The number of aromatic nitrogens is 2. The summed E-state index contributed by atoms with van der Waals surface area (Å²) >= 11 is 0. The van der Waals surface area contributed by atoms with Gasteiger partial charge in [-0.15, -0.1) is 0 Å². The largest absolute Gasteiger partial charge is 0.497 e. The van der Waals surface area contributed by atoms with E-state index in [1.807, 2.05) is 49.5 Å². The SMILES string of the molecule is COc1cccc(C(NS(=O)(=O)Cc2ccccc2)c2nccn2C)c1. The molecule has 2 aromatic carbocycles. The molecular weight excluding hydrogens is 350 g/mol. The monoisotopic (exact) mass is 371 g/mol. The average Bonchev–Trinajstić information content (AvgIpc) is 3.06. The first-order valence-electron chi connectivity index (χ1n) is 8.13. The van der Waals surface area contributed by atoms with Crippen LogP contribution in [-0.2, 0) is 22.8 Å². The summed E-state index contributed by atoms with van der Waals surface area (Å²) in [6, 6.07) is 15.8. The van der Waals surface area contributed by atoms with Crippen LogP contribution < -0.4 is 9.46 Å². The molecule has 26 heavy (non-hydrogen) atoms. The van der Waals surface area contributed by atoms with Crippen LogP contribution in [0.4, 0.5) is 0 Å². The van der Waals surface area contributed by atoms with E-state index < -0.39 is 16.1 Å². The van der Waals surface area contributed by atoms with Gasteiger partial charge >= 0.3 is 0 Å². The topological polar surface area (TPSA) is 73.2 Å². The second-order valence-electron chi connectivity index (χ2n) is 5.97. The van der Waals surface area contributed by atoms with Crippen molar-refractivity contribution in [1.29, 1.82) is 0 Å². The number of sulfonamides is 1. The van der Waals surface area contributed by atoms with Gasteiger partial charge in [0.25, 0.3) is 0 Å². The molecule has 6 nitrogen and oxygen atoms in total. The van der Waals surface area contributed by atoms with Gasteiger partial charge in [-0.3, -0.25) is 0 Å². The average molecular weight is 371 g/mol. The number of aryl methyl sites for hydroxylation is 1. The molecule has 0 fully saturated rings. The highest BCUT2D eigenvalue weighted by Gasteiger charge is 2.25. The molecule has 7 heteroatoms. The maximum atomic E-state index is 12.8. The van der Waals surface area contributed by atoms with Crippen LogP contribution in [-0.4, -0.2) is 25.1 Å². The van der Waals surface area contributed by atoms with Crippen LogP contribution in [0.1, 0.15) is 23.0 Å². The van der Waals surface area contributed by atoms with Crippen molar-refractivity contribution in [2.24, 2.45) is 7.05 Å². The molecule has 0 saturated carbocycles. The predicted molar refractivity (Wildman–Crippen MR) is 100 cm³/mol. The highest BCUT2D eigenvalue weighted by molar-refractivity contribution is 7.88. The summed E-state index contributed by atoms with van der Waals surface area (Å²) in [5.74, 6) is 1.16. The number of nitrogens with one attached hydrogen (secondary N) is 1. The van der Waals surface area contributed by atoms with Crippen LogP contribution in [0.15, 0.2) is 67.0 Å². The molecule has 136 valence electrons. The maximum absolute atomic E-state index is 12.8. The van der Waals surface area contributed by atoms with E-state index in [1.165, 1.54) is 0 Å². The molecule has 3 aromatic rings. The van der Waals surface area contributed by atoms with Crippen molar-refractivity contribution in [3.8, 4) is 5.75 Å². The van der Waals surface area contributed by atoms with Crippen LogP contribution in [0.3, 0.4) is 0 Å². The lowest BCUT2D eigenvalue weighted by Gasteiger charge is -2.20. The van der Waals surface area contributed by atoms with Gasteiger partial charge in [-0.25, -0.2) is 13.4 Å². The third-order valence-corrected chi connectivity index (χ3v) is 5.35. The Morgan fingerprint density at radius 1 is 1.15 bits per heavy atom. The molecule has 0 amide bonds. The minimum absolute atomic E-state index is 0.0985. The lowest BCUT2D eigenvalue weighted by Crippen LogP contribution is -2.32. The lowest BCUT2D eigenvalue weighted by atomic mass is 10.1. The zero-order valence-corrected chi connectivity index (χ0v) is 15.5. The molecule has 0 bridgehead atoms. The molecule has 1 N–H and O–H groups in total. The van der Waals surface area contributed by atoms with Gasteiger partial charge in [0.15, 0.2) is 0 Å². The molecular formula is C19H21N3O3S. The van der Waals surface area contributed by atoms with E-state index in [0.717, 1.165) is 11.1 Å². The van der Waals surface area contributed by atoms with Crippen molar-refractivity contribution in [3.05, 3.63) is 83.9 Å². The summed E-state index contributed by atoms with van der Waals surface area (Å²) in [5.41, 5.74) is 1.49. The summed E-state index contributed by atoms with van der Waals surface area (Å²) in [6.07, 6.45) is 3.43. The van der Waals surface area contributed by atoms with E-state index >= 15 is 0 Å². The van der Waals surface area contributed by atoms with E-state index in [2.05, 4.69) is 9.71 Å². The number of nitrogens with zero attached hydrogens (tertiary/aromatic N) is 2. The number of hydrogen-bond donors (Lipinski definition) is 1. The molecule has 1 atom stereocenters. The van der Waals surface area contributed by atoms with Crippen molar-refractivity contribution in [1.82, 2.24) is 14.3 Å². The van der Waals surface area contributed by atoms with Gasteiger partial charge in [0, 0.05) is 19.4 Å². The Balaban J connectivity index is 1.95. The normalized spacial score (nSPS) is 12.7. The van der Waals surface area contributed by atoms with Gasteiger partial charge in [0.1, 0.15) is 17.6 Å². The molecule has 1 heterocycles. The number of rotatable bonds is 7. The van der Waals surface area contributed by atoms with Crippen LogP contribution in [0.25, 0.3) is 0 Å². The molecule has 1 unspecified atom stereocenters. The van der Waals surface area contributed by atoms with Gasteiger partial charge in [0.2, 0.25) is 10.0 Å². The molecule has 0 aliphatic rings. The first kappa shape index (κ1) is 18.2. The van der Waals surface area contributed by atoms with E-state index in [4.69, 9.17) is 4.74 Å². The predicted octanol–water partition coefficient (Wildman–Crippen LogP) is 2.64. The molecule has 0 aliphatic carbocycles. The van der Waals surface area contributed by atoms with Crippen molar-refractivity contribution >= 4 is 10.0 Å². The first-order valence-corrected chi connectivity index (χ1v) is 9.79. The van der Waals surface area contributed by atoms with E-state index in [0.29, 0.717) is 11.6 Å². The highest BCUT2D eigenvalue weighted by Crippen LogP contribution is 2.25. The van der Waals surface area contributed by atoms with Gasteiger partial charge in [-0.05, 0) is 23.3 Å². The van der Waals surface area contributed by atoms with Gasteiger partial charge in [-0.1, -0.05) is 42.5 Å². The molecule has 0 saturated heterocycles. The summed E-state index contributed by atoms with van der Waals surface area (Å²) in [4.78, 5) is 4.33. The quantitative estimate of drug-likeness (QED) is 0.693.